The van der Waals surface area contributed by atoms with Crippen molar-refractivity contribution in [3.63, 3.8) is 0 Å². The van der Waals surface area contributed by atoms with Crippen LogP contribution in [0, 0.1) is 0 Å². The summed E-state index contributed by atoms with van der Waals surface area (Å²) in [5.41, 5.74) is -0.411. The van der Waals surface area contributed by atoms with Gasteiger partial charge in [0.15, 0.2) is 0 Å². The van der Waals surface area contributed by atoms with E-state index in [1.807, 2.05) is 41.5 Å². The van der Waals surface area contributed by atoms with Crippen LogP contribution < -0.4 is 16.0 Å². The number of urea groups is 1. The number of nitrogens with one attached hydrogen (secondary N) is 3. The van der Waals surface area contributed by atoms with Gasteiger partial charge in [0.05, 0.1) is 13.1 Å². The summed E-state index contributed by atoms with van der Waals surface area (Å²) in [6.45, 7) is 11.7. The lowest BCUT2D eigenvalue weighted by Crippen LogP contribution is -2.51. The van der Waals surface area contributed by atoms with Crippen LogP contribution in [0.25, 0.3) is 0 Å². The third-order valence-electron chi connectivity index (χ3n) is 2.37. The van der Waals surface area contributed by atoms with Crippen LogP contribution in [0.5, 0.6) is 0 Å². The Morgan fingerprint density at radius 2 is 1.57 bits per heavy atom. The minimum absolute atomic E-state index is 0.000419. The molecule has 0 aromatic carbocycles. The van der Waals surface area contributed by atoms with Gasteiger partial charge in [-0.2, -0.15) is 0 Å². The van der Waals surface area contributed by atoms with E-state index in [2.05, 4.69) is 16.0 Å². The molecule has 0 saturated heterocycles. The third kappa shape index (κ3) is 10.8. The Morgan fingerprint density at radius 1 is 1.05 bits per heavy atom. The van der Waals surface area contributed by atoms with Crippen molar-refractivity contribution in [2.45, 2.75) is 53.1 Å². The molecule has 0 aliphatic heterocycles. The van der Waals surface area contributed by atoms with Crippen molar-refractivity contribution in [2.24, 2.45) is 0 Å². The van der Waals surface area contributed by atoms with Crippen molar-refractivity contribution in [3.05, 3.63) is 0 Å². The summed E-state index contributed by atoms with van der Waals surface area (Å²) in [5, 5.41) is 7.65. The number of hydrogen-bond donors (Lipinski definition) is 3. The fourth-order valence-corrected chi connectivity index (χ4v) is 1.59. The van der Waals surface area contributed by atoms with Crippen LogP contribution in [-0.2, 0) is 9.59 Å². The highest BCUT2D eigenvalue weighted by molar-refractivity contribution is 5.95. The van der Waals surface area contributed by atoms with E-state index in [0.717, 1.165) is 0 Å². The molecule has 0 unspecified atom stereocenters. The monoisotopic (exact) mass is 300 g/mol. The lowest BCUT2D eigenvalue weighted by molar-refractivity contribution is -0.124. The largest absolute Gasteiger partial charge is 0.353 e. The average molecular weight is 300 g/mol. The van der Waals surface area contributed by atoms with E-state index in [-0.39, 0.29) is 25.0 Å². The summed E-state index contributed by atoms with van der Waals surface area (Å²) in [5.74, 6) is -0.574. The second-order valence-electron chi connectivity index (χ2n) is 6.28. The molecule has 0 saturated carbocycles. The smallest absolute Gasteiger partial charge is 0.321 e. The van der Waals surface area contributed by atoms with Crippen LogP contribution in [0.1, 0.15) is 41.5 Å². The van der Waals surface area contributed by atoms with Gasteiger partial charge in [0.2, 0.25) is 11.8 Å². The number of carbonyl (C=O) groups excluding carboxylic acids is 3. The molecule has 21 heavy (non-hydrogen) atoms. The Labute approximate surface area is 126 Å². The zero-order chi connectivity index (χ0) is 16.6. The van der Waals surface area contributed by atoms with E-state index >= 15 is 0 Å². The van der Waals surface area contributed by atoms with Gasteiger partial charge in [-0.05, 0) is 41.2 Å². The van der Waals surface area contributed by atoms with Gasteiger partial charge in [-0.15, -0.1) is 0 Å². The van der Waals surface area contributed by atoms with Crippen LogP contribution in [0.2, 0.25) is 0 Å². The summed E-state index contributed by atoms with van der Waals surface area (Å²) in [6.07, 6.45) is 0. The van der Waals surface area contributed by atoms with Crippen molar-refractivity contribution in [2.75, 3.05) is 19.6 Å². The lowest BCUT2D eigenvalue weighted by atomic mass is 10.1. The first-order valence-electron chi connectivity index (χ1n) is 7.17. The van der Waals surface area contributed by atoms with Gasteiger partial charge in [-0.3, -0.25) is 19.8 Å². The molecule has 0 spiro atoms. The van der Waals surface area contributed by atoms with Crippen LogP contribution >= 0.6 is 0 Å². The highest BCUT2D eigenvalue weighted by Crippen LogP contribution is 1.97. The molecule has 0 atom stereocenters. The summed E-state index contributed by atoms with van der Waals surface area (Å²) in [4.78, 5) is 36.6. The van der Waals surface area contributed by atoms with Gasteiger partial charge >= 0.3 is 6.03 Å². The van der Waals surface area contributed by atoms with Crippen LogP contribution in [-0.4, -0.2) is 54.0 Å². The number of carbonyl (C=O) groups is 3. The highest BCUT2D eigenvalue weighted by Gasteiger charge is 2.18. The van der Waals surface area contributed by atoms with E-state index in [0.29, 0.717) is 6.54 Å². The minimum atomic E-state index is -0.532. The lowest BCUT2D eigenvalue weighted by Gasteiger charge is -2.22. The van der Waals surface area contributed by atoms with Crippen molar-refractivity contribution >= 4 is 17.8 Å². The van der Waals surface area contributed by atoms with Crippen molar-refractivity contribution in [1.29, 1.82) is 0 Å². The molecule has 0 rings (SSSR count). The van der Waals surface area contributed by atoms with Gasteiger partial charge in [0.25, 0.3) is 0 Å². The zero-order valence-electron chi connectivity index (χ0n) is 13.9. The molecule has 7 nitrogen and oxygen atoms in total. The quantitative estimate of drug-likeness (QED) is 0.664. The molecular weight excluding hydrogens is 272 g/mol. The third-order valence-corrected chi connectivity index (χ3v) is 2.37. The standard InChI is InChI=1S/C14H28N4O3/c1-7-18(8-11(19)15-10(2)3)9-12(20)16-13(21)17-14(4,5)6/h10H,7-9H2,1-6H3,(H,15,19)(H2,16,17,20,21). The Balaban J connectivity index is 4.27. The Hall–Kier alpha value is -1.63. The maximum atomic E-state index is 11.8. The van der Waals surface area contributed by atoms with E-state index in [9.17, 15) is 14.4 Å². The van der Waals surface area contributed by atoms with E-state index < -0.39 is 17.5 Å². The summed E-state index contributed by atoms with van der Waals surface area (Å²) in [7, 11) is 0. The Bertz CT molecular complexity index is 375. The molecule has 122 valence electrons. The Kier molecular flexibility index (Phi) is 7.94. The molecule has 0 aliphatic rings. The molecule has 3 N–H and O–H groups in total. The van der Waals surface area contributed by atoms with Gasteiger partial charge < -0.3 is 10.6 Å². The average Bonchev–Trinajstić information content (AvgIpc) is 2.23. The maximum Gasteiger partial charge on any atom is 0.321 e. The van der Waals surface area contributed by atoms with E-state index in [1.165, 1.54) is 0 Å². The minimum Gasteiger partial charge on any atom is -0.353 e. The van der Waals surface area contributed by atoms with Crippen molar-refractivity contribution < 1.29 is 14.4 Å². The Morgan fingerprint density at radius 3 is 2.00 bits per heavy atom. The molecule has 0 bridgehead atoms. The molecule has 0 aromatic rings. The van der Waals surface area contributed by atoms with Crippen LogP contribution in [0.15, 0.2) is 0 Å². The first-order valence-corrected chi connectivity index (χ1v) is 7.17. The van der Waals surface area contributed by atoms with Crippen LogP contribution in [0.4, 0.5) is 4.79 Å². The molecular formula is C14H28N4O3. The SMILES string of the molecule is CCN(CC(=O)NC(=O)NC(C)(C)C)CC(=O)NC(C)C. The van der Waals surface area contributed by atoms with Crippen molar-refractivity contribution in [1.82, 2.24) is 20.9 Å². The predicted octanol–water partition coefficient (Wildman–Crippen LogP) is 0.457. The number of amides is 4. The summed E-state index contributed by atoms with van der Waals surface area (Å²) < 4.78 is 0. The van der Waals surface area contributed by atoms with Crippen molar-refractivity contribution in [3.8, 4) is 0 Å². The molecule has 0 aliphatic carbocycles. The molecule has 0 heterocycles. The second kappa shape index (κ2) is 8.61. The zero-order valence-corrected chi connectivity index (χ0v) is 13.9. The second-order valence-corrected chi connectivity index (χ2v) is 6.28. The molecule has 4 amide bonds. The number of likely N-dealkylation sites (N-methyl/N-ethyl adjacent to an activating group) is 1. The summed E-state index contributed by atoms with van der Waals surface area (Å²) in [6, 6.07) is -0.474. The topological polar surface area (TPSA) is 90.5 Å². The van der Waals surface area contributed by atoms with Gasteiger partial charge in [0.1, 0.15) is 0 Å². The fraction of sp³-hybridized carbons (Fsp3) is 0.786. The number of rotatable bonds is 6. The van der Waals surface area contributed by atoms with E-state index in [1.54, 1.807) is 4.90 Å². The fourth-order valence-electron chi connectivity index (χ4n) is 1.59. The summed E-state index contributed by atoms with van der Waals surface area (Å²) >= 11 is 0. The maximum absolute atomic E-state index is 11.8. The van der Waals surface area contributed by atoms with Crippen LogP contribution in [0.3, 0.4) is 0 Å². The van der Waals surface area contributed by atoms with Gasteiger partial charge in [-0.25, -0.2) is 4.79 Å². The predicted molar refractivity (Wildman–Crippen MR) is 81.8 cm³/mol. The van der Waals surface area contributed by atoms with Gasteiger partial charge in [-0.1, -0.05) is 6.92 Å². The van der Waals surface area contributed by atoms with Gasteiger partial charge in [0, 0.05) is 11.6 Å². The first kappa shape index (κ1) is 19.4. The molecule has 7 heteroatoms. The number of hydrogen-bond acceptors (Lipinski definition) is 4. The number of imide groups is 1. The molecule has 0 radical (unpaired) electrons. The first-order chi connectivity index (χ1) is 9.53. The van der Waals surface area contributed by atoms with E-state index in [4.69, 9.17) is 0 Å². The number of nitrogens with zero attached hydrogens (tertiary/aromatic N) is 1. The molecule has 0 aromatic heterocycles. The normalized spacial score (nSPS) is 11.4. The molecule has 0 fully saturated rings. The highest BCUT2D eigenvalue weighted by atomic mass is 16.2.